The molecular weight excluding hydrogens is 364 g/mol. The Balaban J connectivity index is 2.13. The summed E-state index contributed by atoms with van der Waals surface area (Å²) in [5, 5.41) is 9.88. The summed E-state index contributed by atoms with van der Waals surface area (Å²) >= 11 is 6.10. The van der Waals surface area contributed by atoms with E-state index in [4.69, 9.17) is 21.1 Å². The highest BCUT2D eigenvalue weighted by Crippen LogP contribution is 2.36. The van der Waals surface area contributed by atoms with E-state index >= 15 is 0 Å². The molecule has 2 aromatic rings. The summed E-state index contributed by atoms with van der Waals surface area (Å²) in [5.74, 6) is 0.497. The van der Waals surface area contributed by atoms with Crippen LogP contribution in [0.2, 0.25) is 5.02 Å². The summed E-state index contributed by atoms with van der Waals surface area (Å²) in [6.07, 6.45) is 4.70. The largest absolute Gasteiger partial charge is 0.495 e. The molecule has 0 atom stereocenters. The highest BCUT2D eigenvalue weighted by molar-refractivity contribution is 6.31. The van der Waals surface area contributed by atoms with Crippen LogP contribution in [-0.2, 0) is 4.74 Å². The van der Waals surface area contributed by atoms with Crippen molar-refractivity contribution in [2.24, 2.45) is 5.41 Å². The van der Waals surface area contributed by atoms with Gasteiger partial charge in [-0.05, 0) is 31.5 Å². The van der Waals surface area contributed by atoms with Gasteiger partial charge < -0.3 is 9.47 Å². The van der Waals surface area contributed by atoms with Crippen molar-refractivity contribution in [2.45, 2.75) is 20.3 Å². The summed E-state index contributed by atoms with van der Waals surface area (Å²) in [6, 6.07) is 8.57. The van der Waals surface area contributed by atoms with Crippen LogP contribution < -0.4 is 10.3 Å². The zero-order valence-corrected chi connectivity index (χ0v) is 16.3. The van der Waals surface area contributed by atoms with Gasteiger partial charge >= 0.3 is 0 Å². The molecule has 0 amide bonds. The minimum absolute atomic E-state index is 0.0175. The molecule has 6 heteroatoms. The minimum Gasteiger partial charge on any atom is -0.495 e. The SMILES string of the molecule is CCC1(C=C(C)n2cc(OC)c(-c3cc(Cl)ccc3C#N)cc2=O)COC1. The monoisotopic (exact) mass is 384 g/mol. The van der Waals surface area contributed by atoms with Crippen LogP contribution in [0.25, 0.3) is 16.8 Å². The summed E-state index contributed by atoms with van der Waals surface area (Å²) in [5.41, 5.74) is 2.15. The fourth-order valence-corrected chi connectivity index (χ4v) is 3.44. The van der Waals surface area contributed by atoms with Crippen LogP contribution in [0.3, 0.4) is 0 Å². The first kappa shape index (κ1) is 19.2. The van der Waals surface area contributed by atoms with Gasteiger partial charge in [0.05, 0.1) is 38.2 Å². The number of pyridine rings is 1. The van der Waals surface area contributed by atoms with Crippen molar-refractivity contribution in [2.75, 3.05) is 20.3 Å². The Kier molecular flexibility index (Phi) is 5.41. The fourth-order valence-electron chi connectivity index (χ4n) is 3.27. The summed E-state index contributed by atoms with van der Waals surface area (Å²) in [6.45, 7) is 5.34. The van der Waals surface area contributed by atoms with Crippen LogP contribution >= 0.6 is 11.6 Å². The van der Waals surface area contributed by atoms with Crippen LogP contribution in [-0.4, -0.2) is 24.9 Å². The lowest BCUT2D eigenvalue weighted by atomic mass is 9.82. The van der Waals surface area contributed by atoms with Crippen LogP contribution in [0.4, 0.5) is 0 Å². The molecule has 27 heavy (non-hydrogen) atoms. The lowest BCUT2D eigenvalue weighted by molar-refractivity contribution is -0.0835. The number of halogens is 1. The van der Waals surface area contributed by atoms with Gasteiger partial charge in [0.15, 0.2) is 0 Å². The summed E-state index contributed by atoms with van der Waals surface area (Å²) in [4.78, 5) is 12.8. The Bertz CT molecular complexity index is 992. The van der Waals surface area contributed by atoms with Crippen LogP contribution in [0.5, 0.6) is 5.75 Å². The van der Waals surface area contributed by atoms with Gasteiger partial charge in [-0.15, -0.1) is 0 Å². The Hall–Kier alpha value is -2.55. The maximum atomic E-state index is 12.8. The number of allylic oxidation sites excluding steroid dienone is 1. The Morgan fingerprint density at radius 1 is 1.41 bits per heavy atom. The molecule has 0 N–H and O–H groups in total. The third kappa shape index (κ3) is 3.64. The lowest BCUT2D eigenvalue weighted by Crippen LogP contribution is -2.40. The molecule has 1 aliphatic heterocycles. The summed E-state index contributed by atoms with van der Waals surface area (Å²) in [7, 11) is 1.54. The minimum atomic E-state index is -0.199. The maximum absolute atomic E-state index is 12.8. The zero-order valence-electron chi connectivity index (χ0n) is 15.6. The van der Waals surface area contributed by atoms with E-state index in [9.17, 15) is 10.1 Å². The van der Waals surface area contributed by atoms with Crippen molar-refractivity contribution in [1.29, 1.82) is 5.26 Å². The molecule has 0 radical (unpaired) electrons. The van der Waals surface area contributed by atoms with E-state index in [0.717, 1.165) is 12.1 Å². The van der Waals surface area contributed by atoms with Gasteiger partial charge in [-0.25, -0.2) is 0 Å². The van der Waals surface area contributed by atoms with E-state index < -0.39 is 0 Å². The van der Waals surface area contributed by atoms with Gasteiger partial charge in [0.25, 0.3) is 5.56 Å². The molecule has 0 spiro atoms. The molecule has 1 aliphatic rings. The second-order valence-corrected chi connectivity index (χ2v) is 7.20. The number of benzene rings is 1. The third-order valence-electron chi connectivity index (χ3n) is 5.01. The molecule has 1 saturated heterocycles. The van der Waals surface area contributed by atoms with E-state index in [2.05, 4.69) is 19.1 Å². The highest BCUT2D eigenvalue weighted by atomic mass is 35.5. The smallest absolute Gasteiger partial charge is 0.255 e. The maximum Gasteiger partial charge on any atom is 0.255 e. The number of nitrogens with zero attached hydrogens (tertiary/aromatic N) is 2. The average Bonchev–Trinajstić information content (AvgIpc) is 2.64. The van der Waals surface area contributed by atoms with Crippen molar-refractivity contribution in [3.63, 3.8) is 0 Å². The standard InChI is InChI=1S/C21H21ClN2O3/c1-4-21(12-27-13-21)9-14(2)24-11-19(26-3)18(8-20(24)25)17-7-16(22)6-5-15(17)10-23/h5-9,11H,4,12-13H2,1-3H3. The van der Waals surface area contributed by atoms with E-state index in [1.54, 1.807) is 29.0 Å². The first-order valence-corrected chi connectivity index (χ1v) is 9.09. The van der Waals surface area contributed by atoms with Crippen LogP contribution in [0.1, 0.15) is 25.8 Å². The number of hydrogen-bond acceptors (Lipinski definition) is 4. The van der Waals surface area contributed by atoms with E-state index in [1.807, 2.05) is 6.92 Å². The van der Waals surface area contributed by atoms with E-state index in [0.29, 0.717) is 40.7 Å². The van der Waals surface area contributed by atoms with Crippen LogP contribution in [0.15, 0.2) is 41.3 Å². The van der Waals surface area contributed by atoms with Gasteiger partial charge in [-0.1, -0.05) is 24.6 Å². The highest BCUT2D eigenvalue weighted by Gasteiger charge is 2.34. The number of rotatable bonds is 5. The molecule has 5 nitrogen and oxygen atoms in total. The average molecular weight is 385 g/mol. The number of methoxy groups -OCH3 is 1. The second kappa shape index (κ2) is 7.59. The Morgan fingerprint density at radius 2 is 2.15 bits per heavy atom. The zero-order chi connectivity index (χ0) is 19.6. The lowest BCUT2D eigenvalue weighted by Gasteiger charge is -2.38. The van der Waals surface area contributed by atoms with Crippen molar-refractivity contribution in [3.05, 3.63) is 57.5 Å². The van der Waals surface area contributed by atoms with Gasteiger partial charge in [-0.3, -0.25) is 9.36 Å². The van der Waals surface area contributed by atoms with Crippen molar-refractivity contribution >= 4 is 17.3 Å². The molecule has 2 heterocycles. The van der Waals surface area contributed by atoms with Gasteiger partial charge in [0.1, 0.15) is 5.75 Å². The van der Waals surface area contributed by atoms with Crippen LogP contribution in [0, 0.1) is 16.7 Å². The predicted molar refractivity (Wildman–Crippen MR) is 106 cm³/mol. The molecule has 0 aliphatic carbocycles. The Labute approximate surface area is 163 Å². The summed E-state index contributed by atoms with van der Waals surface area (Å²) < 4.78 is 12.4. The number of ether oxygens (including phenoxy) is 2. The van der Waals surface area contributed by atoms with E-state index in [-0.39, 0.29) is 11.0 Å². The second-order valence-electron chi connectivity index (χ2n) is 6.76. The van der Waals surface area contributed by atoms with Crippen molar-refractivity contribution in [1.82, 2.24) is 4.57 Å². The topological polar surface area (TPSA) is 64.2 Å². The molecule has 1 aromatic heterocycles. The quantitative estimate of drug-likeness (QED) is 0.769. The van der Waals surface area contributed by atoms with Gasteiger partial charge in [0, 0.05) is 33.3 Å². The molecule has 140 valence electrons. The first-order valence-electron chi connectivity index (χ1n) is 8.71. The number of nitriles is 1. The third-order valence-corrected chi connectivity index (χ3v) is 5.24. The normalized spacial score (nSPS) is 15.7. The number of aromatic nitrogens is 1. The molecule has 0 bridgehead atoms. The predicted octanol–water partition coefficient (Wildman–Crippen LogP) is 4.34. The van der Waals surface area contributed by atoms with Gasteiger partial charge in [-0.2, -0.15) is 5.26 Å². The molecule has 0 saturated carbocycles. The van der Waals surface area contributed by atoms with Gasteiger partial charge in [0.2, 0.25) is 0 Å². The molecule has 0 unspecified atom stereocenters. The molecule has 1 aromatic carbocycles. The fraction of sp³-hybridized carbons (Fsp3) is 0.333. The molecule has 1 fully saturated rings. The van der Waals surface area contributed by atoms with Crippen molar-refractivity contribution < 1.29 is 9.47 Å². The number of hydrogen-bond donors (Lipinski definition) is 0. The van der Waals surface area contributed by atoms with E-state index in [1.165, 1.54) is 13.2 Å². The first-order chi connectivity index (χ1) is 12.9. The van der Waals surface area contributed by atoms with Crippen molar-refractivity contribution in [3.8, 4) is 22.9 Å². The molecule has 3 rings (SSSR count). The molecular formula is C21H21ClN2O3. The Morgan fingerprint density at radius 3 is 2.70 bits per heavy atom.